The summed E-state index contributed by atoms with van der Waals surface area (Å²) in [4.78, 5) is 17.5. The van der Waals surface area contributed by atoms with Gasteiger partial charge in [0.15, 0.2) is 0 Å². The fourth-order valence-corrected chi connectivity index (χ4v) is 3.78. The number of para-hydroxylation sites is 1. The quantitative estimate of drug-likeness (QED) is 0.556. The van der Waals surface area contributed by atoms with Crippen molar-refractivity contribution in [1.82, 2.24) is 15.2 Å². The summed E-state index contributed by atoms with van der Waals surface area (Å²) < 4.78 is 5.30. The number of benzene rings is 2. The molecule has 6 heteroatoms. The Labute approximate surface area is 156 Å². The third-order valence-electron chi connectivity index (χ3n) is 5.29. The SMILES string of the molecule is CC(C)C1COC(=O)N1c1ccc2[nH]nc(-c3cc4ccccc4[nH]3)c2c1. The molecule has 6 nitrogen and oxygen atoms in total. The molecule has 1 atom stereocenters. The number of rotatable bonds is 3. The van der Waals surface area contributed by atoms with Crippen molar-refractivity contribution in [2.24, 2.45) is 5.92 Å². The molecule has 1 fully saturated rings. The molecular formula is C21H20N4O2. The Kier molecular flexibility index (Phi) is 3.47. The number of aromatic amines is 2. The van der Waals surface area contributed by atoms with Crippen LogP contribution in [0, 0.1) is 5.92 Å². The molecule has 5 rings (SSSR count). The number of ether oxygens (including phenoxy) is 1. The van der Waals surface area contributed by atoms with E-state index in [0.29, 0.717) is 12.5 Å². The number of H-pyrrole nitrogens is 2. The van der Waals surface area contributed by atoms with E-state index in [1.807, 2.05) is 36.4 Å². The third kappa shape index (κ3) is 2.48. The van der Waals surface area contributed by atoms with Gasteiger partial charge in [0.05, 0.1) is 17.3 Å². The number of carbonyl (C=O) groups excluding carboxylic acids is 1. The zero-order valence-corrected chi connectivity index (χ0v) is 15.2. The zero-order valence-electron chi connectivity index (χ0n) is 15.2. The van der Waals surface area contributed by atoms with Crippen molar-refractivity contribution in [1.29, 1.82) is 0 Å². The molecule has 2 N–H and O–H groups in total. The first-order valence-corrected chi connectivity index (χ1v) is 9.14. The van der Waals surface area contributed by atoms with Crippen LogP contribution in [-0.2, 0) is 4.74 Å². The summed E-state index contributed by atoms with van der Waals surface area (Å²) in [5.41, 5.74) is 4.63. The second-order valence-corrected chi connectivity index (χ2v) is 7.33. The minimum atomic E-state index is -0.288. The molecule has 1 saturated heterocycles. The fourth-order valence-electron chi connectivity index (χ4n) is 3.78. The molecule has 27 heavy (non-hydrogen) atoms. The van der Waals surface area contributed by atoms with Crippen molar-refractivity contribution in [3.05, 3.63) is 48.5 Å². The Morgan fingerprint density at radius 1 is 1.15 bits per heavy atom. The molecular weight excluding hydrogens is 340 g/mol. The van der Waals surface area contributed by atoms with E-state index in [9.17, 15) is 4.79 Å². The highest BCUT2D eigenvalue weighted by atomic mass is 16.6. The van der Waals surface area contributed by atoms with Gasteiger partial charge in [0.2, 0.25) is 0 Å². The topological polar surface area (TPSA) is 74.0 Å². The number of hydrogen-bond acceptors (Lipinski definition) is 3. The molecule has 2 aromatic heterocycles. The van der Waals surface area contributed by atoms with Crippen LogP contribution in [0.1, 0.15) is 13.8 Å². The summed E-state index contributed by atoms with van der Waals surface area (Å²) in [6, 6.07) is 16.2. The lowest BCUT2D eigenvalue weighted by Gasteiger charge is -2.24. The van der Waals surface area contributed by atoms with Crippen LogP contribution in [0.5, 0.6) is 0 Å². The van der Waals surface area contributed by atoms with Gasteiger partial charge in [0.1, 0.15) is 12.3 Å². The van der Waals surface area contributed by atoms with E-state index in [-0.39, 0.29) is 12.1 Å². The first-order valence-electron chi connectivity index (χ1n) is 9.14. The maximum atomic E-state index is 12.3. The van der Waals surface area contributed by atoms with Gasteiger partial charge in [-0.05, 0) is 36.2 Å². The molecule has 1 aliphatic rings. The second kappa shape index (κ2) is 5.87. The van der Waals surface area contributed by atoms with Crippen molar-refractivity contribution in [2.75, 3.05) is 11.5 Å². The molecule has 0 radical (unpaired) electrons. The van der Waals surface area contributed by atoms with Crippen LogP contribution in [0.4, 0.5) is 10.5 Å². The smallest absolute Gasteiger partial charge is 0.414 e. The van der Waals surface area contributed by atoms with Gasteiger partial charge in [0, 0.05) is 22.0 Å². The first-order chi connectivity index (χ1) is 13.1. The van der Waals surface area contributed by atoms with Crippen LogP contribution in [0.15, 0.2) is 48.5 Å². The summed E-state index contributed by atoms with van der Waals surface area (Å²) in [7, 11) is 0. The van der Waals surface area contributed by atoms with Gasteiger partial charge in [0.25, 0.3) is 0 Å². The number of nitrogens with one attached hydrogen (secondary N) is 2. The van der Waals surface area contributed by atoms with Gasteiger partial charge < -0.3 is 9.72 Å². The number of nitrogens with zero attached hydrogens (tertiary/aromatic N) is 2. The molecule has 2 aromatic carbocycles. The number of cyclic esters (lactones) is 1. The Balaban J connectivity index is 1.63. The Hall–Kier alpha value is -3.28. The van der Waals surface area contributed by atoms with Gasteiger partial charge >= 0.3 is 6.09 Å². The highest BCUT2D eigenvalue weighted by Crippen LogP contribution is 2.34. The Bertz CT molecular complexity index is 1120. The van der Waals surface area contributed by atoms with E-state index in [4.69, 9.17) is 4.74 Å². The van der Waals surface area contributed by atoms with Gasteiger partial charge in [-0.25, -0.2) is 4.79 Å². The molecule has 1 unspecified atom stereocenters. The van der Waals surface area contributed by atoms with Crippen LogP contribution >= 0.6 is 0 Å². The molecule has 0 bridgehead atoms. The van der Waals surface area contributed by atoms with Crippen LogP contribution in [0.25, 0.3) is 33.2 Å². The molecule has 136 valence electrons. The second-order valence-electron chi connectivity index (χ2n) is 7.33. The molecule has 3 heterocycles. The number of aromatic nitrogens is 3. The summed E-state index contributed by atoms with van der Waals surface area (Å²) in [6.45, 7) is 4.63. The predicted molar refractivity (Wildman–Crippen MR) is 106 cm³/mol. The largest absolute Gasteiger partial charge is 0.447 e. The highest BCUT2D eigenvalue weighted by molar-refractivity contribution is 5.99. The van der Waals surface area contributed by atoms with E-state index < -0.39 is 0 Å². The van der Waals surface area contributed by atoms with Crippen molar-refractivity contribution < 1.29 is 9.53 Å². The van der Waals surface area contributed by atoms with E-state index >= 15 is 0 Å². The standard InChI is InChI=1S/C21H20N4O2/c1-12(2)19-11-27-21(26)25(19)14-7-8-17-15(10-14)20(24-23-17)18-9-13-5-3-4-6-16(13)22-18/h3-10,12,19,22H,11H2,1-2H3,(H,23,24). The number of amides is 1. The summed E-state index contributed by atoms with van der Waals surface area (Å²) in [5.74, 6) is 0.310. The maximum absolute atomic E-state index is 12.3. The average molecular weight is 360 g/mol. The molecule has 1 aliphatic heterocycles. The van der Waals surface area contributed by atoms with E-state index in [1.165, 1.54) is 0 Å². The molecule has 4 aromatic rings. The number of carbonyl (C=O) groups is 1. The van der Waals surface area contributed by atoms with Crippen molar-refractivity contribution in [3.8, 4) is 11.4 Å². The van der Waals surface area contributed by atoms with Crippen LogP contribution in [0.2, 0.25) is 0 Å². The highest BCUT2D eigenvalue weighted by Gasteiger charge is 2.36. The lowest BCUT2D eigenvalue weighted by molar-refractivity contribution is 0.177. The summed E-state index contributed by atoms with van der Waals surface area (Å²) >= 11 is 0. The van der Waals surface area contributed by atoms with Gasteiger partial charge in [-0.3, -0.25) is 10.00 Å². The van der Waals surface area contributed by atoms with E-state index in [2.05, 4.69) is 41.2 Å². The summed E-state index contributed by atoms with van der Waals surface area (Å²) in [6.07, 6.45) is -0.288. The average Bonchev–Trinajstić information content (AvgIpc) is 3.36. The van der Waals surface area contributed by atoms with Crippen molar-refractivity contribution >= 4 is 33.6 Å². The van der Waals surface area contributed by atoms with Crippen LogP contribution in [0.3, 0.4) is 0 Å². The Morgan fingerprint density at radius 3 is 2.81 bits per heavy atom. The van der Waals surface area contributed by atoms with Crippen LogP contribution < -0.4 is 4.90 Å². The third-order valence-corrected chi connectivity index (χ3v) is 5.29. The minimum Gasteiger partial charge on any atom is -0.447 e. The number of anilines is 1. The molecule has 0 saturated carbocycles. The van der Waals surface area contributed by atoms with Gasteiger partial charge in [-0.15, -0.1) is 0 Å². The molecule has 0 aliphatic carbocycles. The lowest BCUT2D eigenvalue weighted by Crippen LogP contribution is -2.37. The number of fused-ring (bicyclic) bond motifs is 2. The van der Waals surface area contributed by atoms with Gasteiger partial charge in [-0.1, -0.05) is 32.0 Å². The minimum absolute atomic E-state index is 0.0402. The van der Waals surface area contributed by atoms with Crippen molar-refractivity contribution in [3.63, 3.8) is 0 Å². The van der Waals surface area contributed by atoms with E-state index in [0.717, 1.165) is 38.9 Å². The summed E-state index contributed by atoms with van der Waals surface area (Å²) in [5, 5.41) is 9.71. The monoisotopic (exact) mass is 360 g/mol. The van der Waals surface area contributed by atoms with Crippen molar-refractivity contribution in [2.45, 2.75) is 19.9 Å². The maximum Gasteiger partial charge on any atom is 0.414 e. The molecule has 0 spiro atoms. The van der Waals surface area contributed by atoms with Gasteiger partial charge in [-0.2, -0.15) is 5.10 Å². The predicted octanol–water partition coefficient (Wildman–Crippen LogP) is 4.69. The van der Waals surface area contributed by atoms with E-state index in [1.54, 1.807) is 4.90 Å². The first kappa shape index (κ1) is 15.9. The fraction of sp³-hybridized carbons (Fsp3) is 0.238. The zero-order chi connectivity index (χ0) is 18.5. The normalized spacial score (nSPS) is 17.4. The number of hydrogen-bond donors (Lipinski definition) is 2. The Morgan fingerprint density at radius 2 is 2.00 bits per heavy atom. The lowest BCUT2D eigenvalue weighted by atomic mass is 10.0. The van der Waals surface area contributed by atoms with Crippen LogP contribution in [-0.4, -0.2) is 33.9 Å². The molecule has 1 amide bonds.